The molecule has 3 heterocycles. The molecule has 188 valence electrons. The molecule has 0 atom stereocenters. The van der Waals surface area contributed by atoms with Gasteiger partial charge in [0.1, 0.15) is 17.1 Å². The van der Waals surface area contributed by atoms with Crippen molar-refractivity contribution in [2.45, 2.75) is 31.6 Å². The van der Waals surface area contributed by atoms with Crippen LogP contribution in [-0.4, -0.2) is 34.3 Å². The van der Waals surface area contributed by atoms with Crippen LogP contribution < -0.4 is 4.90 Å². The highest BCUT2D eigenvalue weighted by Gasteiger charge is 2.32. The second kappa shape index (κ2) is 9.84. The van der Waals surface area contributed by atoms with Crippen molar-refractivity contribution in [3.63, 3.8) is 0 Å². The van der Waals surface area contributed by atoms with Crippen molar-refractivity contribution < 1.29 is 14.4 Å². The number of fused-ring (bicyclic) bond motifs is 1. The van der Waals surface area contributed by atoms with Gasteiger partial charge in [-0.2, -0.15) is 0 Å². The second-order valence-corrected chi connectivity index (χ2v) is 10.6. The summed E-state index contributed by atoms with van der Waals surface area (Å²) in [4.78, 5) is 17.6. The SMILES string of the molecule is O=C(O)c1cc2ccc(N3CCC(C=Cc4c(-c5c(Cl)cccc5Cl)noc4C4CC4)CC3)cc2cn1. The Kier molecular flexibility index (Phi) is 6.39. The summed E-state index contributed by atoms with van der Waals surface area (Å²) in [5.74, 6) is 0.764. The number of hydrogen-bond acceptors (Lipinski definition) is 5. The minimum Gasteiger partial charge on any atom is -0.477 e. The smallest absolute Gasteiger partial charge is 0.354 e. The van der Waals surface area contributed by atoms with Gasteiger partial charge >= 0.3 is 5.97 Å². The standard InChI is InChI=1S/C29H25Cl2N3O3/c30-23-2-1-3-24(31)26(23)27-22(28(37-33-27)18-5-6-18)9-4-17-10-12-34(13-11-17)21-8-7-19-15-25(29(35)36)32-16-20(19)14-21/h1-4,7-9,14-18H,5-6,10-13H2,(H,35,36). The number of halogens is 2. The lowest BCUT2D eigenvalue weighted by molar-refractivity contribution is 0.0690. The molecule has 6 rings (SSSR count). The Hall–Kier alpha value is -3.35. The van der Waals surface area contributed by atoms with Crippen LogP contribution in [-0.2, 0) is 0 Å². The summed E-state index contributed by atoms with van der Waals surface area (Å²) in [5, 5.41) is 16.5. The van der Waals surface area contributed by atoms with E-state index in [4.69, 9.17) is 27.7 Å². The zero-order valence-corrected chi connectivity index (χ0v) is 21.5. The predicted molar refractivity (Wildman–Crippen MR) is 147 cm³/mol. The van der Waals surface area contributed by atoms with Crippen LogP contribution in [0.5, 0.6) is 0 Å². The molecular formula is C29H25Cl2N3O3. The van der Waals surface area contributed by atoms with Crippen molar-refractivity contribution in [3.8, 4) is 11.3 Å². The van der Waals surface area contributed by atoms with Gasteiger partial charge in [-0.15, -0.1) is 0 Å². The summed E-state index contributed by atoms with van der Waals surface area (Å²) < 4.78 is 5.79. The fourth-order valence-corrected chi connectivity index (χ4v) is 5.62. The monoisotopic (exact) mass is 533 g/mol. The molecule has 2 aromatic heterocycles. The molecule has 2 fully saturated rings. The molecule has 1 saturated carbocycles. The van der Waals surface area contributed by atoms with Crippen molar-refractivity contribution in [1.82, 2.24) is 10.1 Å². The number of carboxylic acid groups (broad SMARTS) is 1. The summed E-state index contributed by atoms with van der Waals surface area (Å²) in [6.07, 6.45) is 10.3. The Morgan fingerprint density at radius 2 is 1.78 bits per heavy atom. The first kappa shape index (κ1) is 24.0. The zero-order chi connectivity index (χ0) is 25.5. The number of carbonyl (C=O) groups is 1. The minimum absolute atomic E-state index is 0.0606. The maximum atomic E-state index is 11.2. The van der Waals surface area contributed by atoms with E-state index in [-0.39, 0.29) is 5.69 Å². The molecule has 2 aliphatic rings. The van der Waals surface area contributed by atoms with Gasteiger partial charge in [-0.1, -0.05) is 52.6 Å². The molecule has 6 nitrogen and oxygen atoms in total. The van der Waals surface area contributed by atoms with E-state index in [1.165, 1.54) is 0 Å². The van der Waals surface area contributed by atoms with Gasteiger partial charge in [-0.25, -0.2) is 9.78 Å². The molecule has 0 amide bonds. The van der Waals surface area contributed by atoms with Crippen LogP contribution >= 0.6 is 23.2 Å². The third-order valence-electron chi connectivity index (χ3n) is 7.27. The van der Waals surface area contributed by atoms with Gasteiger partial charge in [0.15, 0.2) is 0 Å². The number of pyridine rings is 1. The van der Waals surface area contributed by atoms with E-state index in [1.807, 2.05) is 24.3 Å². The lowest BCUT2D eigenvalue weighted by Gasteiger charge is -2.32. The molecule has 4 aromatic rings. The molecule has 2 aromatic carbocycles. The highest BCUT2D eigenvalue weighted by molar-refractivity contribution is 6.39. The number of aromatic nitrogens is 2. The fourth-order valence-electron chi connectivity index (χ4n) is 5.04. The highest BCUT2D eigenvalue weighted by atomic mass is 35.5. The second-order valence-electron chi connectivity index (χ2n) is 9.77. The summed E-state index contributed by atoms with van der Waals surface area (Å²) >= 11 is 13.0. The van der Waals surface area contributed by atoms with Gasteiger partial charge in [-0.3, -0.25) is 0 Å². The Labute approximate surface area is 224 Å². The molecular weight excluding hydrogens is 509 g/mol. The summed E-state index contributed by atoms with van der Waals surface area (Å²) in [6.45, 7) is 1.87. The third kappa shape index (κ3) is 4.83. The molecule has 1 saturated heterocycles. The fraction of sp³-hybridized carbons (Fsp3) is 0.276. The minimum atomic E-state index is -1.02. The number of nitrogens with zero attached hydrogens (tertiary/aromatic N) is 3. The molecule has 0 bridgehead atoms. The van der Waals surface area contributed by atoms with E-state index in [1.54, 1.807) is 12.3 Å². The Bertz CT molecular complexity index is 1500. The number of aromatic carboxylic acids is 1. The van der Waals surface area contributed by atoms with Crippen LogP contribution in [0, 0.1) is 5.92 Å². The number of hydrogen-bond donors (Lipinski definition) is 1. The molecule has 1 aliphatic carbocycles. The number of rotatable bonds is 6. The van der Waals surface area contributed by atoms with E-state index < -0.39 is 5.97 Å². The van der Waals surface area contributed by atoms with Crippen molar-refractivity contribution in [2.24, 2.45) is 5.92 Å². The number of allylic oxidation sites excluding steroid dienone is 1. The maximum absolute atomic E-state index is 11.2. The molecule has 1 aliphatic heterocycles. The van der Waals surface area contributed by atoms with Gasteiger partial charge in [0.05, 0.1) is 10.0 Å². The zero-order valence-electron chi connectivity index (χ0n) is 20.0. The maximum Gasteiger partial charge on any atom is 0.354 e. The predicted octanol–water partition coefficient (Wildman–Crippen LogP) is 7.70. The summed E-state index contributed by atoms with van der Waals surface area (Å²) in [5.41, 5.74) is 3.61. The lowest BCUT2D eigenvalue weighted by atomic mass is 9.94. The van der Waals surface area contributed by atoms with E-state index in [2.05, 4.69) is 39.3 Å². The molecule has 37 heavy (non-hydrogen) atoms. The number of piperidine rings is 1. The van der Waals surface area contributed by atoms with Crippen molar-refractivity contribution >= 4 is 51.7 Å². The van der Waals surface area contributed by atoms with Crippen LogP contribution in [0.2, 0.25) is 10.0 Å². The van der Waals surface area contributed by atoms with Gasteiger partial charge in [0.25, 0.3) is 0 Å². The quantitative estimate of drug-likeness (QED) is 0.273. The van der Waals surface area contributed by atoms with Crippen LogP contribution in [0.4, 0.5) is 5.69 Å². The Morgan fingerprint density at radius 3 is 2.49 bits per heavy atom. The number of anilines is 1. The third-order valence-corrected chi connectivity index (χ3v) is 7.90. The first-order valence-electron chi connectivity index (χ1n) is 12.5. The van der Waals surface area contributed by atoms with Crippen LogP contribution in [0.1, 0.15) is 53.4 Å². The Morgan fingerprint density at radius 1 is 1.03 bits per heavy atom. The van der Waals surface area contributed by atoms with Crippen LogP contribution in [0.25, 0.3) is 28.1 Å². The van der Waals surface area contributed by atoms with E-state index >= 15 is 0 Å². The Balaban J connectivity index is 1.18. The summed E-state index contributed by atoms with van der Waals surface area (Å²) in [7, 11) is 0. The van der Waals surface area contributed by atoms with E-state index in [9.17, 15) is 9.90 Å². The van der Waals surface area contributed by atoms with Crippen molar-refractivity contribution in [2.75, 3.05) is 18.0 Å². The summed E-state index contributed by atoms with van der Waals surface area (Å²) in [6, 6.07) is 13.2. The number of benzene rings is 2. The van der Waals surface area contributed by atoms with E-state index in [0.717, 1.165) is 72.1 Å². The lowest BCUT2D eigenvalue weighted by Crippen LogP contribution is -2.33. The van der Waals surface area contributed by atoms with Gasteiger partial charge in [0.2, 0.25) is 0 Å². The highest BCUT2D eigenvalue weighted by Crippen LogP contribution is 2.46. The molecule has 8 heteroatoms. The van der Waals surface area contributed by atoms with E-state index in [0.29, 0.717) is 27.6 Å². The molecule has 1 N–H and O–H groups in total. The van der Waals surface area contributed by atoms with Gasteiger partial charge in [0, 0.05) is 47.4 Å². The molecule has 0 radical (unpaired) electrons. The average molecular weight is 534 g/mol. The van der Waals surface area contributed by atoms with Crippen molar-refractivity contribution in [3.05, 3.63) is 81.8 Å². The van der Waals surface area contributed by atoms with Crippen molar-refractivity contribution in [1.29, 1.82) is 0 Å². The van der Waals surface area contributed by atoms with Crippen LogP contribution in [0.3, 0.4) is 0 Å². The van der Waals surface area contributed by atoms with Crippen LogP contribution in [0.15, 0.2) is 59.3 Å². The first-order valence-corrected chi connectivity index (χ1v) is 13.2. The molecule has 0 spiro atoms. The largest absolute Gasteiger partial charge is 0.477 e. The normalized spacial score (nSPS) is 16.6. The topological polar surface area (TPSA) is 79.5 Å². The number of carboxylic acids is 1. The molecule has 0 unspecified atom stereocenters. The van der Waals surface area contributed by atoms with Gasteiger partial charge < -0.3 is 14.5 Å². The first-order chi connectivity index (χ1) is 18.0. The average Bonchev–Trinajstić information content (AvgIpc) is 3.67. The van der Waals surface area contributed by atoms with Gasteiger partial charge in [-0.05, 0) is 67.3 Å².